The molecule has 20 heavy (non-hydrogen) atoms. The standard InChI is InChI=1S/C15H23NO4/c1-17-13-5-4-12(14(8-13)18-2)9-16-10-15(19-3)6-7-20-11-15/h4-5,8,16H,6-7,9-11H2,1-3H3. The Hall–Kier alpha value is -1.30. The van der Waals surface area contributed by atoms with Crippen molar-refractivity contribution in [2.24, 2.45) is 0 Å². The lowest BCUT2D eigenvalue weighted by Gasteiger charge is -2.26. The predicted octanol–water partition coefficient (Wildman–Crippen LogP) is 1.60. The minimum absolute atomic E-state index is 0.195. The lowest BCUT2D eigenvalue weighted by atomic mass is 10.0. The molecule has 5 nitrogen and oxygen atoms in total. The fourth-order valence-corrected chi connectivity index (χ4v) is 2.38. The second-order valence-corrected chi connectivity index (χ2v) is 4.97. The second kappa shape index (κ2) is 6.92. The van der Waals surface area contributed by atoms with E-state index in [-0.39, 0.29) is 5.60 Å². The summed E-state index contributed by atoms with van der Waals surface area (Å²) in [4.78, 5) is 0. The molecule has 0 aromatic heterocycles. The number of hydrogen-bond acceptors (Lipinski definition) is 5. The van der Waals surface area contributed by atoms with Gasteiger partial charge in [-0.15, -0.1) is 0 Å². The molecule has 1 fully saturated rings. The first-order chi connectivity index (χ1) is 9.73. The SMILES string of the molecule is COc1ccc(CNCC2(OC)CCOC2)c(OC)c1. The van der Waals surface area contributed by atoms with Crippen molar-refractivity contribution in [1.82, 2.24) is 5.32 Å². The number of ether oxygens (including phenoxy) is 4. The van der Waals surface area contributed by atoms with Crippen molar-refractivity contribution in [1.29, 1.82) is 0 Å². The van der Waals surface area contributed by atoms with E-state index in [0.29, 0.717) is 6.61 Å². The van der Waals surface area contributed by atoms with Crippen molar-refractivity contribution in [3.8, 4) is 11.5 Å². The molecule has 1 aromatic carbocycles. The van der Waals surface area contributed by atoms with Crippen LogP contribution in [0.5, 0.6) is 11.5 Å². The summed E-state index contributed by atoms with van der Waals surface area (Å²) in [6, 6.07) is 5.83. The van der Waals surface area contributed by atoms with E-state index in [9.17, 15) is 0 Å². The van der Waals surface area contributed by atoms with Gasteiger partial charge in [0.15, 0.2) is 0 Å². The molecule has 1 atom stereocenters. The van der Waals surface area contributed by atoms with E-state index in [1.807, 2.05) is 18.2 Å². The highest BCUT2D eigenvalue weighted by molar-refractivity contribution is 5.40. The van der Waals surface area contributed by atoms with Crippen molar-refractivity contribution >= 4 is 0 Å². The predicted molar refractivity (Wildman–Crippen MR) is 76.4 cm³/mol. The van der Waals surface area contributed by atoms with E-state index in [1.165, 1.54) is 0 Å². The zero-order chi connectivity index (χ0) is 14.4. The van der Waals surface area contributed by atoms with Crippen LogP contribution >= 0.6 is 0 Å². The number of benzene rings is 1. The molecule has 112 valence electrons. The van der Waals surface area contributed by atoms with Gasteiger partial charge < -0.3 is 24.3 Å². The van der Waals surface area contributed by atoms with Crippen molar-refractivity contribution in [2.45, 2.75) is 18.6 Å². The Balaban J connectivity index is 1.93. The molecule has 1 N–H and O–H groups in total. The third kappa shape index (κ3) is 3.42. The molecule has 0 radical (unpaired) electrons. The largest absolute Gasteiger partial charge is 0.497 e. The Morgan fingerprint density at radius 1 is 1.25 bits per heavy atom. The number of methoxy groups -OCH3 is 3. The van der Waals surface area contributed by atoms with Gasteiger partial charge in [-0.3, -0.25) is 0 Å². The summed E-state index contributed by atoms with van der Waals surface area (Å²) in [5, 5.41) is 3.42. The van der Waals surface area contributed by atoms with Crippen LogP contribution in [-0.4, -0.2) is 46.7 Å². The van der Waals surface area contributed by atoms with Gasteiger partial charge in [-0.05, 0) is 6.07 Å². The van der Waals surface area contributed by atoms with Crippen molar-refractivity contribution in [3.05, 3.63) is 23.8 Å². The Kier molecular flexibility index (Phi) is 5.23. The number of rotatable bonds is 7. The average molecular weight is 281 g/mol. The second-order valence-electron chi connectivity index (χ2n) is 4.97. The van der Waals surface area contributed by atoms with Crippen LogP contribution in [0.15, 0.2) is 18.2 Å². The van der Waals surface area contributed by atoms with E-state index < -0.39 is 0 Å². The van der Waals surface area contributed by atoms with Gasteiger partial charge >= 0.3 is 0 Å². The third-order valence-corrected chi connectivity index (χ3v) is 3.76. The fraction of sp³-hybridized carbons (Fsp3) is 0.600. The van der Waals surface area contributed by atoms with Crippen LogP contribution < -0.4 is 14.8 Å². The van der Waals surface area contributed by atoms with Gasteiger partial charge in [0.1, 0.15) is 17.1 Å². The summed E-state index contributed by atoms with van der Waals surface area (Å²) in [5.41, 5.74) is 0.901. The highest BCUT2D eigenvalue weighted by atomic mass is 16.5. The summed E-state index contributed by atoms with van der Waals surface area (Å²) in [6.45, 7) is 2.90. The molecule has 5 heteroatoms. The van der Waals surface area contributed by atoms with Gasteiger partial charge in [-0.25, -0.2) is 0 Å². The molecule has 1 aliphatic rings. The molecule has 0 bridgehead atoms. The van der Waals surface area contributed by atoms with E-state index in [2.05, 4.69) is 5.32 Å². The van der Waals surface area contributed by atoms with Gasteiger partial charge in [-0.1, -0.05) is 6.07 Å². The molecular weight excluding hydrogens is 258 g/mol. The smallest absolute Gasteiger partial charge is 0.127 e. The molecule has 1 aromatic rings. The lowest BCUT2D eigenvalue weighted by molar-refractivity contribution is -0.0159. The summed E-state index contributed by atoms with van der Waals surface area (Å²) in [5.74, 6) is 1.62. The van der Waals surface area contributed by atoms with Crippen LogP contribution in [0.2, 0.25) is 0 Å². The molecule has 1 heterocycles. The number of hydrogen-bond donors (Lipinski definition) is 1. The van der Waals surface area contributed by atoms with Crippen LogP contribution in [0.25, 0.3) is 0 Å². The molecule has 1 saturated heterocycles. The van der Waals surface area contributed by atoms with Gasteiger partial charge in [0.25, 0.3) is 0 Å². The molecule has 1 unspecified atom stereocenters. The van der Waals surface area contributed by atoms with Gasteiger partial charge in [0.2, 0.25) is 0 Å². The lowest BCUT2D eigenvalue weighted by Crippen LogP contribution is -2.42. The van der Waals surface area contributed by atoms with Gasteiger partial charge in [0.05, 0.1) is 20.8 Å². The summed E-state index contributed by atoms with van der Waals surface area (Å²) in [7, 11) is 5.05. The maximum Gasteiger partial charge on any atom is 0.127 e. The molecule has 0 amide bonds. The van der Waals surface area contributed by atoms with Crippen LogP contribution in [0.3, 0.4) is 0 Å². The van der Waals surface area contributed by atoms with E-state index >= 15 is 0 Å². The Morgan fingerprint density at radius 2 is 2.10 bits per heavy atom. The first-order valence-electron chi connectivity index (χ1n) is 6.77. The summed E-state index contributed by atoms with van der Waals surface area (Å²) < 4.78 is 21.6. The molecule has 0 saturated carbocycles. The van der Waals surface area contributed by atoms with Crippen molar-refractivity contribution in [2.75, 3.05) is 41.1 Å². The minimum Gasteiger partial charge on any atom is -0.497 e. The molecular formula is C15H23NO4. The number of nitrogens with one attached hydrogen (secondary N) is 1. The van der Waals surface area contributed by atoms with Crippen molar-refractivity contribution in [3.63, 3.8) is 0 Å². The first kappa shape index (κ1) is 15.1. The highest BCUT2D eigenvalue weighted by Gasteiger charge is 2.34. The maximum atomic E-state index is 5.59. The van der Waals surface area contributed by atoms with Crippen LogP contribution in [0.1, 0.15) is 12.0 Å². The summed E-state index contributed by atoms with van der Waals surface area (Å²) >= 11 is 0. The monoisotopic (exact) mass is 281 g/mol. The van der Waals surface area contributed by atoms with Crippen molar-refractivity contribution < 1.29 is 18.9 Å². The normalized spacial score (nSPS) is 21.9. The van der Waals surface area contributed by atoms with Crippen LogP contribution in [0, 0.1) is 0 Å². The van der Waals surface area contributed by atoms with E-state index in [0.717, 1.165) is 43.2 Å². The van der Waals surface area contributed by atoms with Crippen LogP contribution in [-0.2, 0) is 16.0 Å². The Bertz CT molecular complexity index is 430. The van der Waals surface area contributed by atoms with Crippen LogP contribution in [0.4, 0.5) is 0 Å². The van der Waals surface area contributed by atoms with Gasteiger partial charge in [-0.2, -0.15) is 0 Å². The molecule has 0 aliphatic carbocycles. The Labute approximate surface area is 120 Å². The maximum absolute atomic E-state index is 5.59. The third-order valence-electron chi connectivity index (χ3n) is 3.76. The molecule has 1 aliphatic heterocycles. The average Bonchev–Trinajstić information content (AvgIpc) is 2.97. The zero-order valence-corrected chi connectivity index (χ0v) is 12.4. The van der Waals surface area contributed by atoms with E-state index in [4.69, 9.17) is 18.9 Å². The molecule has 0 spiro atoms. The summed E-state index contributed by atoms with van der Waals surface area (Å²) in [6.07, 6.45) is 0.927. The Morgan fingerprint density at radius 3 is 2.70 bits per heavy atom. The van der Waals surface area contributed by atoms with E-state index in [1.54, 1.807) is 21.3 Å². The first-order valence-corrected chi connectivity index (χ1v) is 6.77. The topological polar surface area (TPSA) is 49.0 Å². The highest BCUT2D eigenvalue weighted by Crippen LogP contribution is 2.25. The minimum atomic E-state index is -0.195. The zero-order valence-electron chi connectivity index (χ0n) is 12.4. The van der Waals surface area contributed by atoms with Gasteiger partial charge in [0, 0.05) is 44.9 Å². The fourth-order valence-electron chi connectivity index (χ4n) is 2.38. The molecule has 2 rings (SSSR count). The quantitative estimate of drug-likeness (QED) is 0.822.